The van der Waals surface area contributed by atoms with Crippen LogP contribution in [0, 0.1) is 0 Å². The average molecular weight is 328 g/mol. The summed E-state index contributed by atoms with van der Waals surface area (Å²) in [6.07, 6.45) is 5.49. The molecule has 0 radical (unpaired) electrons. The van der Waals surface area contributed by atoms with Crippen molar-refractivity contribution in [1.29, 1.82) is 0 Å². The number of hydrogen-bond donors (Lipinski definition) is 2. The monoisotopic (exact) mass is 327 g/mol. The Kier molecular flexibility index (Phi) is 10.2. The summed E-state index contributed by atoms with van der Waals surface area (Å²) >= 11 is 7.78. The van der Waals surface area contributed by atoms with Crippen molar-refractivity contribution in [1.82, 2.24) is 10.6 Å². The molecule has 0 fully saturated rings. The first kappa shape index (κ1) is 18.2. The van der Waals surface area contributed by atoms with E-state index in [1.165, 1.54) is 17.7 Å². The number of guanidine groups is 1. The second-order valence-corrected chi connectivity index (χ2v) is 6.19. The van der Waals surface area contributed by atoms with Crippen molar-refractivity contribution in [3.63, 3.8) is 0 Å². The van der Waals surface area contributed by atoms with Crippen molar-refractivity contribution in [2.75, 3.05) is 31.6 Å². The quantitative estimate of drug-likeness (QED) is 0.413. The Morgan fingerprint density at radius 2 is 1.95 bits per heavy atom. The lowest BCUT2D eigenvalue weighted by molar-refractivity contribution is 0.771. The summed E-state index contributed by atoms with van der Waals surface area (Å²) < 4.78 is 0. The SMILES string of the molecule is CCNC(=NCCCCSC)NCCc1ccc(Cl)cc1. The standard InChI is InChI=1S/C16H26ClN3S/c1-3-18-16(19-11-4-5-13-21-2)20-12-10-14-6-8-15(17)9-7-14/h6-9H,3-5,10-13H2,1-2H3,(H2,18,19,20). The molecule has 0 heterocycles. The maximum absolute atomic E-state index is 5.88. The van der Waals surface area contributed by atoms with Gasteiger partial charge in [-0.15, -0.1) is 0 Å². The van der Waals surface area contributed by atoms with Crippen LogP contribution in [0.25, 0.3) is 0 Å². The molecule has 21 heavy (non-hydrogen) atoms. The van der Waals surface area contributed by atoms with Crippen molar-refractivity contribution < 1.29 is 0 Å². The van der Waals surface area contributed by atoms with Gasteiger partial charge in [-0.2, -0.15) is 11.8 Å². The minimum atomic E-state index is 0.784. The van der Waals surface area contributed by atoms with Crippen LogP contribution in [0.4, 0.5) is 0 Å². The molecule has 0 aliphatic heterocycles. The number of unbranched alkanes of at least 4 members (excludes halogenated alkanes) is 1. The van der Waals surface area contributed by atoms with Crippen molar-refractivity contribution in [2.24, 2.45) is 4.99 Å². The van der Waals surface area contributed by atoms with Crippen LogP contribution in [-0.4, -0.2) is 37.6 Å². The number of aliphatic imine (C=N–C) groups is 1. The lowest BCUT2D eigenvalue weighted by Crippen LogP contribution is -2.38. The van der Waals surface area contributed by atoms with E-state index in [4.69, 9.17) is 11.6 Å². The summed E-state index contributed by atoms with van der Waals surface area (Å²) in [5.74, 6) is 2.13. The molecule has 0 aliphatic carbocycles. The van der Waals surface area contributed by atoms with Gasteiger partial charge < -0.3 is 10.6 Å². The zero-order valence-corrected chi connectivity index (χ0v) is 14.6. The van der Waals surface area contributed by atoms with Crippen LogP contribution >= 0.6 is 23.4 Å². The minimum Gasteiger partial charge on any atom is -0.357 e. The largest absolute Gasteiger partial charge is 0.357 e. The lowest BCUT2D eigenvalue weighted by Gasteiger charge is -2.11. The fraction of sp³-hybridized carbons (Fsp3) is 0.562. The molecule has 0 saturated heterocycles. The first-order valence-corrected chi connectivity index (χ1v) is 9.29. The van der Waals surface area contributed by atoms with E-state index in [0.29, 0.717) is 0 Å². The van der Waals surface area contributed by atoms with Crippen molar-refractivity contribution in [2.45, 2.75) is 26.2 Å². The fourth-order valence-corrected chi connectivity index (χ4v) is 2.49. The van der Waals surface area contributed by atoms with E-state index in [-0.39, 0.29) is 0 Å². The predicted molar refractivity (Wildman–Crippen MR) is 96.8 cm³/mol. The first-order chi connectivity index (χ1) is 10.3. The third kappa shape index (κ3) is 8.89. The minimum absolute atomic E-state index is 0.784. The molecule has 118 valence electrons. The fourth-order valence-electron chi connectivity index (χ4n) is 1.87. The van der Waals surface area contributed by atoms with Crippen LogP contribution in [0.15, 0.2) is 29.3 Å². The highest BCUT2D eigenvalue weighted by Gasteiger charge is 1.98. The van der Waals surface area contributed by atoms with Crippen LogP contribution < -0.4 is 10.6 Å². The molecule has 3 nitrogen and oxygen atoms in total. The molecular weight excluding hydrogens is 302 g/mol. The van der Waals surface area contributed by atoms with Crippen molar-refractivity contribution in [3.05, 3.63) is 34.9 Å². The summed E-state index contributed by atoms with van der Waals surface area (Å²) in [7, 11) is 0. The molecule has 0 aromatic heterocycles. The molecule has 0 bridgehead atoms. The number of nitrogens with one attached hydrogen (secondary N) is 2. The van der Waals surface area contributed by atoms with Crippen LogP contribution in [0.1, 0.15) is 25.3 Å². The zero-order valence-electron chi connectivity index (χ0n) is 13.0. The summed E-state index contributed by atoms with van der Waals surface area (Å²) in [5.41, 5.74) is 1.28. The summed E-state index contributed by atoms with van der Waals surface area (Å²) in [6, 6.07) is 8.00. The smallest absolute Gasteiger partial charge is 0.191 e. The van der Waals surface area contributed by atoms with Gasteiger partial charge in [0.2, 0.25) is 0 Å². The van der Waals surface area contributed by atoms with Gasteiger partial charge in [-0.25, -0.2) is 0 Å². The van der Waals surface area contributed by atoms with E-state index in [1.54, 1.807) is 0 Å². The number of hydrogen-bond acceptors (Lipinski definition) is 2. The Morgan fingerprint density at radius 3 is 2.62 bits per heavy atom. The van der Waals surface area contributed by atoms with E-state index in [9.17, 15) is 0 Å². The Labute approximate surface area is 138 Å². The van der Waals surface area contributed by atoms with Gasteiger partial charge in [-0.3, -0.25) is 4.99 Å². The van der Waals surface area contributed by atoms with Gasteiger partial charge in [0, 0.05) is 24.7 Å². The Morgan fingerprint density at radius 1 is 1.19 bits per heavy atom. The van der Waals surface area contributed by atoms with E-state index in [0.717, 1.165) is 43.5 Å². The van der Waals surface area contributed by atoms with E-state index in [2.05, 4.69) is 40.9 Å². The van der Waals surface area contributed by atoms with Crippen LogP contribution in [0.2, 0.25) is 5.02 Å². The number of halogens is 1. The molecular formula is C16H26ClN3S. The number of thioether (sulfide) groups is 1. The van der Waals surface area contributed by atoms with Gasteiger partial charge >= 0.3 is 0 Å². The molecule has 0 amide bonds. The van der Waals surface area contributed by atoms with E-state index >= 15 is 0 Å². The van der Waals surface area contributed by atoms with Gasteiger partial charge in [0.15, 0.2) is 5.96 Å². The van der Waals surface area contributed by atoms with Gasteiger partial charge in [0.05, 0.1) is 0 Å². The van der Waals surface area contributed by atoms with E-state index in [1.807, 2.05) is 23.9 Å². The van der Waals surface area contributed by atoms with Crippen molar-refractivity contribution >= 4 is 29.3 Å². The molecule has 1 aromatic rings. The third-order valence-electron chi connectivity index (χ3n) is 2.99. The molecule has 0 atom stereocenters. The molecule has 0 aliphatic rings. The predicted octanol–water partition coefficient (Wildman–Crippen LogP) is 3.58. The van der Waals surface area contributed by atoms with Crippen molar-refractivity contribution in [3.8, 4) is 0 Å². The Hall–Kier alpha value is -0.870. The molecule has 1 rings (SSSR count). The summed E-state index contributed by atoms with van der Waals surface area (Å²) in [6.45, 7) is 4.73. The van der Waals surface area contributed by atoms with Gasteiger partial charge in [-0.1, -0.05) is 23.7 Å². The number of benzene rings is 1. The summed E-state index contributed by atoms with van der Waals surface area (Å²) in [4.78, 5) is 4.59. The van der Waals surface area contributed by atoms with Gasteiger partial charge in [0.25, 0.3) is 0 Å². The molecule has 0 saturated carbocycles. The molecule has 5 heteroatoms. The highest BCUT2D eigenvalue weighted by molar-refractivity contribution is 7.98. The van der Waals surface area contributed by atoms with Crippen LogP contribution in [0.3, 0.4) is 0 Å². The number of nitrogens with zero attached hydrogens (tertiary/aromatic N) is 1. The summed E-state index contributed by atoms with van der Waals surface area (Å²) in [5, 5.41) is 7.44. The maximum Gasteiger partial charge on any atom is 0.191 e. The van der Waals surface area contributed by atoms with Gasteiger partial charge in [0.1, 0.15) is 0 Å². The first-order valence-electron chi connectivity index (χ1n) is 7.51. The van der Waals surface area contributed by atoms with E-state index < -0.39 is 0 Å². The third-order valence-corrected chi connectivity index (χ3v) is 3.94. The highest BCUT2D eigenvalue weighted by Crippen LogP contribution is 2.09. The average Bonchev–Trinajstić information content (AvgIpc) is 2.49. The normalized spacial score (nSPS) is 11.5. The molecule has 2 N–H and O–H groups in total. The molecule has 1 aromatic carbocycles. The lowest BCUT2D eigenvalue weighted by atomic mass is 10.1. The Balaban J connectivity index is 2.29. The van der Waals surface area contributed by atoms with Crippen LogP contribution in [0.5, 0.6) is 0 Å². The second kappa shape index (κ2) is 11.8. The second-order valence-electron chi connectivity index (χ2n) is 4.76. The zero-order chi connectivity index (χ0) is 15.3. The number of rotatable bonds is 9. The van der Waals surface area contributed by atoms with Gasteiger partial charge in [-0.05, 0) is 55.9 Å². The maximum atomic E-state index is 5.88. The topological polar surface area (TPSA) is 36.4 Å². The highest BCUT2D eigenvalue weighted by atomic mass is 35.5. The molecule has 0 unspecified atom stereocenters. The molecule has 0 spiro atoms. The Bertz CT molecular complexity index is 406. The van der Waals surface area contributed by atoms with Crippen LogP contribution in [-0.2, 0) is 6.42 Å².